The van der Waals surface area contributed by atoms with Crippen LogP contribution in [0.1, 0.15) is 70.4 Å². The molecule has 0 unspecified atom stereocenters. The predicted octanol–water partition coefficient (Wildman–Crippen LogP) is 7.41. The van der Waals surface area contributed by atoms with Gasteiger partial charge in [-0.25, -0.2) is 9.37 Å². The fraction of sp³-hybridized carbons (Fsp3) is 0.583. The summed E-state index contributed by atoms with van der Waals surface area (Å²) in [6, 6.07) is -0.00326. The lowest BCUT2D eigenvalue weighted by Gasteiger charge is -2.15. The van der Waals surface area contributed by atoms with E-state index >= 15 is 0 Å². The second-order valence-electron chi connectivity index (χ2n) is 8.48. The molecule has 0 bridgehead atoms. The van der Waals surface area contributed by atoms with E-state index in [0.29, 0.717) is 32.0 Å². The number of amides is 1. The summed E-state index contributed by atoms with van der Waals surface area (Å²) in [4.78, 5) is 14.9. The quantitative estimate of drug-likeness (QED) is 0.130. The van der Waals surface area contributed by atoms with Crippen molar-refractivity contribution in [3.63, 3.8) is 0 Å². The smallest absolute Gasteiger partial charge is 0.421 e. The van der Waals surface area contributed by atoms with Crippen molar-refractivity contribution in [1.82, 2.24) is 10.3 Å². The molecule has 4 nitrogen and oxygen atoms in total. The number of hydrogen-bond acceptors (Lipinski definition) is 3. The molecule has 1 aromatic heterocycles. The molecule has 1 rings (SSSR count). The highest BCUT2D eigenvalue weighted by Crippen LogP contribution is 2.39. The average molecular weight is 513 g/mol. The van der Waals surface area contributed by atoms with Crippen LogP contribution in [0.25, 0.3) is 0 Å². The van der Waals surface area contributed by atoms with E-state index in [1.807, 2.05) is 13.8 Å². The average Bonchev–Trinajstić information content (AvgIpc) is 2.76. The number of allylic oxidation sites excluding steroid dienone is 3. The summed E-state index contributed by atoms with van der Waals surface area (Å²) in [5.41, 5.74) is -2.81. The fourth-order valence-corrected chi connectivity index (χ4v) is 2.88. The van der Waals surface area contributed by atoms with Crippen LogP contribution in [0.4, 0.5) is 30.7 Å². The molecule has 0 aliphatic carbocycles. The predicted molar refractivity (Wildman–Crippen MR) is 118 cm³/mol. The normalized spacial score (nSPS) is 13.3. The third-order valence-corrected chi connectivity index (χ3v) is 4.82. The van der Waals surface area contributed by atoms with Crippen LogP contribution >= 0.6 is 0 Å². The lowest BCUT2D eigenvalue weighted by Crippen LogP contribution is -2.27. The molecule has 1 heterocycles. The van der Waals surface area contributed by atoms with Gasteiger partial charge in [0.25, 0.3) is 5.91 Å². The lowest BCUT2D eigenvalue weighted by atomic mass is 10.1. The zero-order valence-electron chi connectivity index (χ0n) is 20.0. The first-order valence-electron chi connectivity index (χ1n) is 11.3. The van der Waals surface area contributed by atoms with Gasteiger partial charge in [-0.05, 0) is 43.7 Å². The number of alkyl halides is 6. The maximum Gasteiger partial charge on any atom is 0.421 e. The van der Waals surface area contributed by atoms with Crippen molar-refractivity contribution in [1.29, 1.82) is 0 Å². The zero-order chi connectivity index (χ0) is 26.6. The summed E-state index contributed by atoms with van der Waals surface area (Å²) < 4.78 is 96.1. The van der Waals surface area contributed by atoms with Crippen LogP contribution < -0.4 is 10.1 Å². The Balaban J connectivity index is 2.35. The van der Waals surface area contributed by atoms with Crippen LogP contribution in [0.15, 0.2) is 35.8 Å². The van der Waals surface area contributed by atoms with Crippen LogP contribution in [-0.2, 0) is 17.1 Å². The first-order chi connectivity index (χ1) is 16.2. The standard InChI is InChI=1S/C24H31F7N2O2/c1-16(2)14-32-21(34)20(25)17(3)11-9-7-5-4-6-8-10-12-35-22-19(24(29,30)31)13-18(15-33-22)23(26,27)28/h9,11,13,15-16H,4-8,10,12,14H2,1-3H3,(H,32,34)/b11-9+,20-17-. The molecule has 0 aromatic carbocycles. The van der Waals surface area contributed by atoms with Crippen molar-refractivity contribution < 1.29 is 40.3 Å². The maximum atomic E-state index is 14.0. The number of rotatable bonds is 13. The third-order valence-electron chi connectivity index (χ3n) is 4.82. The van der Waals surface area contributed by atoms with Gasteiger partial charge >= 0.3 is 12.4 Å². The Morgan fingerprint density at radius 2 is 1.69 bits per heavy atom. The topological polar surface area (TPSA) is 51.2 Å². The van der Waals surface area contributed by atoms with E-state index in [1.165, 1.54) is 6.92 Å². The molecule has 1 amide bonds. The second kappa shape index (κ2) is 14.1. The SMILES string of the molecule is CC(/C=C/CCCCCCCOc1ncc(C(F)(F)F)cc1C(F)(F)F)=C(/F)C(=O)NCC(C)C. The number of pyridine rings is 1. The number of hydrogen-bond donors (Lipinski definition) is 1. The van der Waals surface area contributed by atoms with Crippen LogP contribution in [0, 0.1) is 5.92 Å². The third kappa shape index (κ3) is 11.6. The van der Waals surface area contributed by atoms with Crippen LogP contribution in [0.5, 0.6) is 5.88 Å². The molecule has 1 aromatic rings. The van der Waals surface area contributed by atoms with Crippen LogP contribution in [0.2, 0.25) is 0 Å². The van der Waals surface area contributed by atoms with Gasteiger partial charge in [0.2, 0.25) is 5.88 Å². The molecule has 11 heteroatoms. The van der Waals surface area contributed by atoms with Gasteiger partial charge in [0.1, 0.15) is 5.56 Å². The number of nitrogens with one attached hydrogen (secondary N) is 1. The van der Waals surface area contributed by atoms with Gasteiger partial charge in [-0.15, -0.1) is 0 Å². The molecular formula is C24H31F7N2O2. The van der Waals surface area contributed by atoms with Crippen molar-refractivity contribution in [2.45, 2.75) is 71.6 Å². The molecular weight excluding hydrogens is 481 g/mol. The number of carbonyl (C=O) groups is 1. The van der Waals surface area contributed by atoms with Gasteiger partial charge < -0.3 is 10.1 Å². The molecule has 0 atom stereocenters. The van der Waals surface area contributed by atoms with E-state index in [9.17, 15) is 35.5 Å². The van der Waals surface area contributed by atoms with Crippen molar-refractivity contribution >= 4 is 5.91 Å². The Kier molecular flexibility index (Phi) is 12.3. The van der Waals surface area contributed by atoms with E-state index in [-0.39, 0.29) is 24.2 Å². The molecule has 0 saturated carbocycles. The Hall–Kier alpha value is -2.59. The molecule has 0 radical (unpaired) electrons. The van der Waals surface area contributed by atoms with Crippen molar-refractivity contribution in [3.8, 4) is 5.88 Å². The Bertz CT molecular complexity index is 876. The van der Waals surface area contributed by atoms with Crippen LogP contribution in [0.3, 0.4) is 0 Å². The first-order valence-corrected chi connectivity index (χ1v) is 11.3. The minimum absolute atomic E-state index is 0.00326. The summed E-state index contributed by atoms with van der Waals surface area (Å²) in [6.45, 7) is 5.60. The molecule has 0 fully saturated rings. The molecule has 0 saturated heterocycles. The summed E-state index contributed by atoms with van der Waals surface area (Å²) in [7, 11) is 0. The molecule has 0 spiro atoms. The summed E-state index contributed by atoms with van der Waals surface area (Å²) in [5, 5.41) is 2.51. The number of aromatic nitrogens is 1. The number of carbonyl (C=O) groups excluding carboxylic acids is 1. The van der Waals surface area contributed by atoms with E-state index < -0.39 is 41.1 Å². The zero-order valence-corrected chi connectivity index (χ0v) is 20.0. The molecule has 198 valence electrons. The Morgan fingerprint density at radius 3 is 2.29 bits per heavy atom. The minimum atomic E-state index is -5.02. The first kappa shape index (κ1) is 30.4. The summed E-state index contributed by atoms with van der Waals surface area (Å²) >= 11 is 0. The molecule has 0 aliphatic rings. The highest BCUT2D eigenvalue weighted by molar-refractivity contribution is 5.92. The van der Waals surface area contributed by atoms with Crippen molar-refractivity contribution in [3.05, 3.63) is 46.9 Å². The van der Waals surface area contributed by atoms with Gasteiger partial charge in [0, 0.05) is 12.7 Å². The number of ether oxygens (including phenoxy) is 1. The largest absolute Gasteiger partial charge is 0.477 e. The van der Waals surface area contributed by atoms with Gasteiger partial charge in [0.15, 0.2) is 5.83 Å². The van der Waals surface area contributed by atoms with E-state index in [0.717, 1.165) is 19.3 Å². The van der Waals surface area contributed by atoms with Gasteiger partial charge in [0.05, 0.1) is 12.2 Å². The monoisotopic (exact) mass is 512 g/mol. The number of halogens is 7. The fourth-order valence-electron chi connectivity index (χ4n) is 2.88. The number of unbranched alkanes of at least 4 members (excludes halogenated alkanes) is 5. The molecule has 1 N–H and O–H groups in total. The Morgan fingerprint density at radius 1 is 1.06 bits per heavy atom. The Labute approximate surface area is 200 Å². The van der Waals surface area contributed by atoms with Gasteiger partial charge in [-0.1, -0.05) is 45.3 Å². The van der Waals surface area contributed by atoms with Crippen molar-refractivity contribution in [2.24, 2.45) is 5.92 Å². The lowest BCUT2D eigenvalue weighted by molar-refractivity contribution is -0.144. The van der Waals surface area contributed by atoms with E-state index in [4.69, 9.17) is 4.74 Å². The highest BCUT2D eigenvalue weighted by atomic mass is 19.4. The van der Waals surface area contributed by atoms with Gasteiger partial charge in [-0.2, -0.15) is 26.3 Å². The van der Waals surface area contributed by atoms with Gasteiger partial charge in [-0.3, -0.25) is 4.79 Å². The molecule has 35 heavy (non-hydrogen) atoms. The summed E-state index contributed by atoms with van der Waals surface area (Å²) in [5.74, 6) is -2.22. The van der Waals surface area contributed by atoms with E-state index in [2.05, 4.69) is 10.3 Å². The highest BCUT2D eigenvalue weighted by Gasteiger charge is 2.39. The van der Waals surface area contributed by atoms with E-state index in [1.54, 1.807) is 12.2 Å². The number of nitrogens with zero attached hydrogens (tertiary/aromatic N) is 1. The van der Waals surface area contributed by atoms with Crippen LogP contribution in [-0.4, -0.2) is 24.0 Å². The second-order valence-corrected chi connectivity index (χ2v) is 8.48. The maximum absolute atomic E-state index is 14.0. The van der Waals surface area contributed by atoms with Crippen molar-refractivity contribution in [2.75, 3.05) is 13.2 Å². The minimum Gasteiger partial charge on any atom is -0.477 e. The summed E-state index contributed by atoms with van der Waals surface area (Å²) in [6.07, 6.45) is -2.22. The molecule has 0 aliphatic heterocycles.